The number of rotatable bonds is 4. The number of nitrogens with zero attached hydrogens (tertiary/aromatic N) is 2. The van der Waals surface area contributed by atoms with Crippen molar-refractivity contribution in [3.8, 4) is 0 Å². The third kappa shape index (κ3) is 2.15. The zero-order chi connectivity index (χ0) is 13.3. The highest BCUT2D eigenvalue weighted by Gasteiger charge is 2.31. The summed E-state index contributed by atoms with van der Waals surface area (Å²) in [6.45, 7) is 10.3. The maximum absolute atomic E-state index is 5.62. The third-order valence-corrected chi connectivity index (χ3v) is 3.86. The summed E-state index contributed by atoms with van der Waals surface area (Å²) in [5.41, 5.74) is 3.20. The molecule has 100 valence electrons. The lowest BCUT2D eigenvalue weighted by atomic mass is 9.99. The Bertz CT molecular complexity index is 439. The molecule has 0 saturated carbocycles. The van der Waals surface area contributed by atoms with Crippen molar-refractivity contribution in [3.05, 3.63) is 22.8 Å². The van der Waals surface area contributed by atoms with E-state index < -0.39 is 0 Å². The minimum absolute atomic E-state index is 0.388. The fraction of sp³-hybridized carbons (Fsp3) is 0.714. The summed E-state index contributed by atoms with van der Waals surface area (Å²) in [6.07, 6.45) is 0.868. The molecule has 2 heterocycles. The molecule has 0 fully saturated rings. The predicted molar refractivity (Wildman–Crippen MR) is 71.3 cm³/mol. The molecule has 1 unspecified atom stereocenters. The van der Waals surface area contributed by atoms with Crippen molar-refractivity contribution in [1.29, 1.82) is 0 Å². The molecule has 0 radical (unpaired) electrons. The second-order valence-electron chi connectivity index (χ2n) is 5.40. The third-order valence-electron chi connectivity index (χ3n) is 3.86. The van der Waals surface area contributed by atoms with Gasteiger partial charge in [-0.3, -0.25) is 0 Å². The largest absolute Gasteiger partial charge is 0.371 e. The van der Waals surface area contributed by atoms with Gasteiger partial charge in [-0.2, -0.15) is 0 Å². The average Bonchev–Trinajstić information content (AvgIpc) is 2.84. The second-order valence-corrected chi connectivity index (χ2v) is 5.40. The summed E-state index contributed by atoms with van der Waals surface area (Å²) in [5.74, 6) is 1.23. The Morgan fingerprint density at radius 1 is 1.33 bits per heavy atom. The lowest BCUT2D eigenvalue weighted by molar-refractivity contribution is -0.00936. The first-order valence-electron chi connectivity index (χ1n) is 6.68. The molecule has 1 aliphatic heterocycles. The molecule has 1 atom stereocenters. The molecule has 1 N–H and O–H groups in total. The van der Waals surface area contributed by atoms with Crippen LogP contribution in [0.1, 0.15) is 62.8 Å². The molecule has 0 amide bonds. The van der Waals surface area contributed by atoms with Gasteiger partial charge in [-0.05, 0) is 19.3 Å². The van der Waals surface area contributed by atoms with E-state index in [1.54, 1.807) is 7.11 Å². The SMILES string of the molecule is CCC(C)(OC)c1nc2c(c(C(C)C)n1)CNC2. The number of aromatic nitrogens is 2. The number of methoxy groups -OCH3 is 1. The Balaban J connectivity index is 2.54. The van der Waals surface area contributed by atoms with Crippen molar-refractivity contribution in [2.45, 2.75) is 58.7 Å². The van der Waals surface area contributed by atoms with E-state index >= 15 is 0 Å². The van der Waals surface area contributed by atoms with Crippen molar-refractivity contribution in [2.24, 2.45) is 0 Å². The number of hydrogen-bond donors (Lipinski definition) is 1. The molecule has 1 aromatic heterocycles. The summed E-state index contributed by atoms with van der Waals surface area (Å²) >= 11 is 0. The van der Waals surface area contributed by atoms with Crippen LogP contribution in [0.4, 0.5) is 0 Å². The molecule has 1 aliphatic rings. The number of hydrogen-bond acceptors (Lipinski definition) is 4. The minimum Gasteiger partial charge on any atom is -0.371 e. The molecule has 2 rings (SSSR count). The van der Waals surface area contributed by atoms with Crippen LogP contribution >= 0.6 is 0 Å². The number of fused-ring (bicyclic) bond motifs is 1. The molecule has 0 aromatic carbocycles. The van der Waals surface area contributed by atoms with E-state index in [0.717, 1.165) is 36.7 Å². The number of ether oxygens (including phenoxy) is 1. The van der Waals surface area contributed by atoms with Gasteiger partial charge in [0.2, 0.25) is 0 Å². The van der Waals surface area contributed by atoms with Gasteiger partial charge in [0.15, 0.2) is 5.82 Å². The molecular weight excluding hydrogens is 226 g/mol. The van der Waals surface area contributed by atoms with Gasteiger partial charge in [0.25, 0.3) is 0 Å². The molecular formula is C14H23N3O. The summed E-state index contributed by atoms with van der Waals surface area (Å²) in [4.78, 5) is 9.49. The number of nitrogens with one attached hydrogen (secondary N) is 1. The van der Waals surface area contributed by atoms with E-state index in [4.69, 9.17) is 14.7 Å². The average molecular weight is 249 g/mol. The van der Waals surface area contributed by atoms with E-state index in [2.05, 4.69) is 33.0 Å². The summed E-state index contributed by atoms with van der Waals surface area (Å²) < 4.78 is 5.62. The van der Waals surface area contributed by atoms with Crippen LogP contribution in [0, 0.1) is 0 Å². The Hall–Kier alpha value is -1.00. The fourth-order valence-corrected chi connectivity index (χ4v) is 2.30. The van der Waals surface area contributed by atoms with E-state index in [-0.39, 0.29) is 5.60 Å². The summed E-state index contributed by atoms with van der Waals surface area (Å²) in [7, 11) is 1.73. The van der Waals surface area contributed by atoms with Gasteiger partial charge in [-0.25, -0.2) is 9.97 Å². The normalized spacial score (nSPS) is 17.9. The quantitative estimate of drug-likeness (QED) is 0.890. The van der Waals surface area contributed by atoms with Gasteiger partial charge < -0.3 is 10.1 Å². The Morgan fingerprint density at radius 2 is 2.06 bits per heavy atom. The first-order valence-corrected chi connectivity index (χ1v) is 6.68. The van der Waals surface area contributed by atoms with Crippen LogP contribution in [0.15, 0.2) is 0 Å². The minimum atomic E-state index is -0.388. The maximum Gasteiger partial charge on any atom is 0.160 e. The van der Waals surface area contributed by atoms with E-state index in [1.165, 1.54) is 5.56 Å². The molecule has 0 bridgehead atoms. The molecule has 0 spiro atoms. The summed E-state index contributed by atoms with van der Waals surface area (Å²) in [6, 6.07) is 0. The van der Waals surface area contributed by atoms with Gasteiger partial charge in [0.05, 0.1) is 11.4 Å². The second kappa shape index (κ2) is 4.94. The van der Waals surface area contributed by atoms with Crippen LogP contribution in [-0.4, -0.2) is 17.1 Å². The molecule has 4 nitrogen and oxygen atoms in total. The van der Waals surface area contributed by atoms with Crippen LogP contribution in [0.2, 0.25) is 0 Å². The summed E-state index contributed by atoms with van der Waals surface area (Å²) in [5, 5.41) is 3.35. The molecule has 0 aliphatic carbocycles. The fourth-order valence-electron chi connectivity index (χ4n) is 2.30. The van der Waals surface area contributed by atoms with Crippen LogP contribution in [0.5, 0.6) is 0 Å². The predicted octanol–water partition coefficient (Wildman–Crippen LogP) is 2.47. The smallest absolute Gasteiger partial charge is 0.160 e. The topological polar surface area (TPSA) is 47.0 Å². The molecule has 1 aromatic rings. The van der Waals surface area contributed by atoms with Gasteiger partial charge in [-0.1, -0.05) is 20.8 Å². The van der Waals surface area contributed by atoms with Gasteiger partial charge >= 0.3 is 0 Å². The Kier molecular flexibility index (Phi) is 3.69. The standard InChI is InChI=1S/C14H23N3O/c1-6-14(4,18-5)13-16-11-8-15-7-10(11)12(17-13)9(2)3/h9,15H,6-8H2,1-5H3. The first-order chi connectivity index (χ1) is 8.51. The van der Waals surface area contributed by atoms with Crippen LogP contribution in [0.3, 0.4) is 0 Å². The van der Waals surface area contributed by atoms with Crippen molar-refractivity contribution in [1.82, 2.24) is 15.3 Å². The van der Waals surface area contributed by atoms with Crippen molar-refractivity contribution in [2.75, 3.05) is 7.11 Å². The lowest BCUT2D eigenvalue weighted by Crippen LogP contribution is -2.27. The Labute approximate surface area is 109 Å². The lowest BCUT2D eigenvalue weighted by Gasteiger charge is -2.26. The van der Waals surface area contributed by atoms with Crippen LogP contribution in [-0.2, 0) is 23.4 Å². The first kappa shape index (κ1) is 13.4. The van der Waals surface area contributed by atoms with Crippen LogP contribution < -0.4 is 5.32 Å². The molecule has 18 heavy (non-hydrogen) atoms. The maximum atomic E-state index is 5.62. The molecule has 0 saturated heterocycles. The zero-order valence-corrected chi connectivity index (χ0v) is 12.0. The van der Waals surface area contributed by atoms with Crippen molar-refractivity contribution >= 4 is 0 Å². The van der Waals surface area contributed by atoms with Crippen molar-refractivity contribution in [3.63, 3.8) is 0 Å². The highest BCUT2D eigenvalue weighted by molar-refractivity contribution is 5.32. The highest BCUT2D eigenvalue weighted by atomic mass is 16.5. The van der Waals surface area contributed by atoms with Crippen molar-refractivity contribution < 1.29 is 4.74 Å². The van der Waals surface area contributed by atoms with E-state index in [9.17, 15) is 0 Å². The highest BCUT2D eigenvalue weighted by Crippen LogP contribution is 2.30. The van der Waals surface area contributed by atoms with E-state index in [1.807, 2.05) is 0 Å². The molecule has 4 heteroatoms. The van der Waals surface area contributed by atoms with E-state index in [0.29, 0.717) is 5.92 Å². The monoisotopic (exact) mass is 249 g/mol. The van der Waals surface area contributed by atoms with Crippen LogP contribution in [0.25, 0.3) is 0 Å². The van der Waals surface area contributed by atoms with Gasteiger partial charge in [-0.15, -0.1) is 0 Å². The van der Waals surface area contributed by atoms with Gasteiger partial charge in [0, 0.05) is 25.8 Å². The zero-order valence-electron chi connectivity index (χ0n) is 12.0. The Morgan fingerprint density at radius 3 is 2.61 bits per heavy atom. The van der Waals surface area contributed by atoms with Gasteiger partial charge in [0.1, 0.15) is 5.60 Å².